The molecule has 0 heterocycles. The summed E-state index contributed by atoms with van der Waals surface area (Å²) < 4.78 is 0. The van der Waals surface area contributed by atoms with E-state index >= 15 is 0 Å². The Labute approximate surface area is 127 Å². The summed E-state index contributed by atoms with van der Waals surface area (Å²) in [6.45, 7) is 6.51. The fourth-order valence-electron chi connectivity index (χ4n) is 2.43. The van der Waals surface area contributed by atoms with E-state index in [-0.39, 0.29) is 0 Å². The molecule has 2 unspecified atom stereocenters. The van der Waals surface area contributed by atoms with E-state index in [4.69, 9.17) is 11.6 Å². The van der Waals surface area contributed by atoms with Gasteiger partial charge in [-0.05, 0) is 43.5 Å². The Hall–Kier alpha value is -1.31. The predicted molar refractivity (Wildman–Crippen MR) is 87.2 cm³/mol. The smallest absolute Gasteiger partial charge is 0.0409 e. The monoisotopic (exact) mass is 287 g/mol. The Morgan fingerprint density at radius 3 is 2.35 bits per heavy atom. The summed E-state index contributed by atoms with van der Waals surface area (Å²) in [6, 6.07) is 17.5. The quantitative estimate of drug-likeness (QED) is 0.771. The van der Waals surface area contributed by atoms with Gasteiger partial charge in [-0.15, -0.1) is 0 Å². The number of aryl methyl sites for hydroxylation is 1. The lowest BCUT2D eigenvalue weighted by Crippen LogP contribution is -2.24. The van der Waals surface area contributed by atoms with E-state index in [0.717, 1.165) is 11.4 Å². The molecule has 2 heteroatoms. The van der Waals surface area contributed by atoms with E-state index in [0.29, 0.717) is 12.1 Å². The van der Waals surface area contributed by atoms with Crippen LogP contribution in [0.15, 0.2) is 48.5 Å². The summed E-state index contributed by atoms with van der Waals surface area (Å²) in [5, 5.41) is 4.48. The molecular formula is C18H22ClN. The molecule has 0 aliphatic heterocycles. The van der Waals surface area contributed by atoms with Crippen LogP contribution in [0.2, 0.25) is 5.02 Å². The number of nitrogens with one attached hydrogen (secondary N) is 1. The van der Waals surface area contributed by atoms with Crippen LogP contribution in [0.25, 0.3) is 0 Å². The van der Waals surface area contributed by atoms with E-state index in [1.807, 2.05) is 18.2 Å². The van der Waals surface area contributed by atoms with E-state index < -0.39 is 0 Å². The molecule has 20 heavy (non-hydrogen) atoms. The molecule has 2 rings (SSSR count). The molecule has 0 aromatic heterocycles. The first-order valence-corrected chi connectivity index (χ1v) is 7.56. The van der Waals surface area contributed by atoms with Gasteiger partial charge in [0.25, 0.3) is 0 Å². The average molecular weight is 288 g/mol. The summed E-state index contributed by atoms with van der Waals surface area (Å²) in [6.07, 6.45) is 1.04. The van der Waals surface area contributed by atoms with Crippen molar-refractivity contribution in [3.63, 3.8) is 0 Å². The van der Waals surface area contributed by atoms with Crippen LogP contribution in [0.5, 0.6) is 0 Å². The van der Waals surface area contributed by atoms with Gasteiger partial charge in [0, 0.05) is 17.1 Å². The van der Waals surface area contributed by atoms with Crippen LogP contribution in [0, 0.1) is 6.92 Å². The lowest BCUT2D eigenvalue weighted by molar-refractivity contribution is 0.456. The van der Waals surface area contributed by atoms with E-state index in [1.54, 1.807) is 0 Å². The normalized spacial score (nSPS) is 14.0. The van der Waals surface area contributed by atoms with Crippen LogP contribution < -0.4 is 5.32 Å². The number of hydrogen-bond acceptors (Lipinski definition) is 1. The van der Waals surface area contributed by atoms with Gasteiger partial charge in [0.1, 0.15) is 0 Å². The minimum atomic E-state index is 0.319. The van der Waals surface area contributed by atoms with Crippen LogP contribution >= 0.6 is 11.6 Å². The first-order valence-electron chi connectivity index (χ1n) is 7.18. The molecule has 2 atom stereocenters. The van der Waals surface area contributed by atoms with E-state index in [1.165, 1.54) is 16.7 Å². The van der Waals surface area contributed by atoms with Crippen molar-refractivity contribution >= 4 is 11.6 Å². The van der Waals surface area contributed by atoms with Crippen LogP contribution in [-0.2, 0) is 0 Å². The molecule has 0 amide bonds. The molecular weight excluding hydrogens is 266 g/mol. The van der Waals surface area contributed by atoms with Crippen molar-refractivity contribution in [1.82, 2.24) is 5.32 Å². The van der Waals surface area contributed by atoms with Crippen molar-refractivity contribution in [2.24, 2.45) is 0 Å². The number of hydrogen-bond donors (Lipinski definition) is 1. The Bertz CT molecular complexity index is 548. The Kier molecular flexibility index (Phi) is 5.22. The first kappa shape index (κ1) is 15.1. The predicted octanol–water partition coefficient (Wildman–Crippen LogP) is 5.45. The van der Waals surface area contributed by atoms with Gasteiger partial charge < -0.3 is 5.32 Å². The van der Waals surface area contributed by atoms with Crippen molar-refractivity contribution in [3.8, 4) is 0 Å². The molecule has 0 bridgehead atoms. The van der Waals surface area contributed by atoms with Gasteiger partial charge in [-0.25, -0.2) is 0 Å². The second kappa shape index (κ2) is 6.92. The van der Waals surface area contributed by atoms with Crippen molar-refractivity contribution < 1.29 is 0 Å². The number of halogens is 1. The first-order chi connectivity index (χ1) is 9.60. The molecule has 106 valence electrons. The van der Waals surface area contributed by atoms with Gasteiger partial charge >= 0.3 is 0 Å². The second-order valence-corrected chi connectivity index (χ2v) is 5.75. The fourth-order valence-corrected chi connectivity index (χ4v) is 2.62. The van der Waals surface area contributed by atoms with Gasteiger partial charge in [0.2, 0.25) is 0 Å². The average Bonchev–Trinajstić information content (AvgIpc) is 2.45. The van der Waals surface area contributed by atoms with Crippen molar-refractivity contribution in [3.05, 3.63) is 70.2 Å². The highest BCUT2D eigenvalue weighted by Gasteiger charge is 2.13. The Morgan fingerprint density at radius 1 is 1.05 bits per heavy atom. The third kappa shape index (κ3) is 3.84. The largest absolute Gasteiger partial charge is 0.303 e. The van der Waals surface area contributed by atoms with Crippen LogP contribution in [0.3, 0.4) is 0 Å². The van der Waals surface area contributed by atoms with Gasteiger partial charge in [-0.1, -0.05) is 60.5 Å². The third-order valence-corrected chi connectivity index (χ3v) is 3.92. The molecule has 1 N–H and O–H groups in total. The maximum Gasteiger partial charge on any atom is 0.0409 e. The van der Waals surface area contributed by atoms with E-state index in [2.05, 4.69) is 56.4 Å². The molecule has 0 saturated carbocycles. The zero-order valence-electron chi connectivity index (χ0n) is 12.4. The van der Waals surface area contributed by atoms with Crippen LogP contribution in [0.4, 0.5) is 0 Å². The topological polar surface area (TPSA) is 12.0 Å². The van der Waals surface area contributed by atoms with Gasteiger partial charge in [-0.3, -0.25) is 0 Å². The highest BCUT2D eigenvalue weighted by molar-refractivity contribution is 6.30. The highest BCUT2D eigenvalue weighted by atomic mass is 35.5. The fraction of sp³-hybridized carbons (Fsp3) is 0.333. The summed E-state index contributed by atoms with van der Waals surface area (Å²) in [5.74, 6) is 0. The maximum atomic E-state index is 6.09. The molecule has 2 aromatic carbocycles. The summed E-state index contributed by atoms with van der Waals surface area (Å²) in [5.41, 5.74) is 3.86. The number of rotatable bonds is 5. The second-order valence-electron chi connectivity index (χ2n) is 5.31. The van der Waals surface area contributed by atoms with Crippen LogP contribution in [-0.4, -0.2) is 0 Å². The zero-order valence-corrected chi connectivity index (χ0v) is 13.1. The molecule has 0 radical (unpaired) electrons. The molecule has 0 spiro atoms. The SMILES string of the molecule is CCC(NC(C)c1ccc(C)cc1)c1cccc(Cl)c1. The van der Waals surface area contributed by atoms with Crippen molar-refractivity contribution in [1.29, 1.82) is 0 Å². The van der Waals surface area contributed by atoms with Crippen molar-refractivity contribution in [2.75, 3.05) is 0 Å². The Morgan fingerprint density at radius 2 is 1.75 bits per heavy atom. The van der Waals surface area contributed by atoms with Gasteiger partial charge in [0.05, 0.1) is 0 Å². The molecule has 0 fully saturated rings. The number of benzene rings is 2. The minimum absolute atomic E-state index is 0.319. The van der Waals surface area contributed by atoms with Gasteiger partial charge in [-0.2, -0.15) is 0 Å². The Balaban J connectivity index is 2.11. The lowest BCUT2D eigenvalue weighted by atomic mass is 10.0. The summed E-state index contributed by atoms with van der Waals surface area (Å²) in [4.78, 5) is 0. The van der Waals surface area contributed by atoms with Crippen molar-refractivity contribution in [2.45, 2.75) is 39.3 Å². The molecule has 2 aromatic rings. The van der Waals surface area contributed by atoms with Crippen LogP contribution in [0.1, 0.15) is 49.0 Å². The zero-order chi connectivity index (χ0) is 14.5. The minimum Gasteiger partial charge on any atom is -0.303 e. The molecule has 0 saturated heterocycles. The highest BCUT2D eigenvalue weighted by Crippen LogP contribution is 2.24. The summed E-state index contributed by atoms with van der Waals surface area (Å²) in [7, 11) is 0. The van der Waals surface area contributed by atoms with E-state index in [9.17, 15) is 0 Å². The lowest BCUT2D eigenvalue weighted by Gasteiger charge is -2.23. The third-order valence-electron chi connectivity index (χ3n) is 3.69. The van der Waals surface area contributed by atoms with Gasteiger partial charge in [0.15, 0.2) is 0 Å². The molecule has 0 aliphatic carbocycles. The standard InChI is InChI=1S/C18H22ClN/c1-4-18(16-6-5-7-17(19)12-16)20-14(3)15-10-8-13(2)9-11-15/h5-12,14,18,20H,4H2,1-3H3. The summed E-state index contributed by atoms with van der Waals surface area (Å²) >= 11 is 6.09. The maximum absolute atomic E-state index is 6.09. The molecule has 0 aliphatic rings. The molecule has 1 nitrogen and oxygen atoms in total.